The Kier molecular flexibility index (Phi) is 3.81. The first-order valence-corrected chi connectivity index (χ1v) is 5.59. The number of hydrogen-bond acceptors (Lipinski definition) is 2. The van der Waals surface area contributed by atoms with E-state index in [0.717, 1.165) is 6.42 Å². The minimum Gasteiger partial charge on any atom is -0.481 e. The summed E-state index contributed by atoms with van der Waals surface area (Å²) in [6.45, 7) is 3.63. The Morgan fingerprint density at radius 1 is 1.56 bits per heavy atom. The van der Waals surface area contributed by atoms with Gasteiger partial charge in [0.05, 0.1) is 16.1 Å². The van der Waals surface area contributed by atoms with Crippen LogP contribution in [0.4, 0.5) is 5.69 Å². The molecule has 16 heavy (non-hydrogen) atoms. The molecule has 0 aliphatic heterocycles. The number of halogens is 1. The maximum atomic E-state index is 11.4. The van der Waals surface area contributed by atoms with E-state index in [-0.39, 0.29) is 0 Å². The Morgan fingerprint density at radius 2 is 2.19 bits per heavy atom. The minimum absolute atomic E-state index is 0.363. The van der Waals surface area contributed by atoms with Crippen LogP contribution in [0, 0.1) is 0 Å². The molecule has 0 saturated heterocycles. The molecule has 0 aromatic heterocycles. The lowest BCUT2D eigenvalue weighted by Gasteiger charge is -2.26. The predicted molar refractivity (Wildman–Crippen MR) is 65.8 cm³/mol. The van der Waals surface area contributed by atoms with Gasteiger partial charge in [-0.2, -0.15) is 0 Å². The average Bonchev–Trinajstić information content (AvgIpc) is 2.22. The van der Waals surface area contributed by atoms with E-state index in [9.17, 15) is 9.90 Å². The van der Waals surface area contributed by atoms with Gasteiger partial charge in [-0.05, 0) is 25.0 Å². The Morgan fingerprint density at radius 3 is 2.69 bits per heavy atom. The fourth-order valence-corrected chi connectivity index (χ4v) is 2.05. The van der Waals surface area contributed by atoms with Crippen molar-refractivity contribution in [2.75, 3.05) is 5.73 Å². The summed E-state index contributed by atoms with van der Waals surface area (Å²) in [5.41, 5.74) is 5.83. The molecule has 1 rings (SSSR count). The van der Waals surface area contributed by atoms with Crippen molar-refractivity contribution in [2.24, 2.45) is 0 Å². The van der Waals surface area contributed by atoms with Crippen LogP contribution in [-0.4, -0.2) is 11.1 Å². The summed E-state index contributed by atoms with van der Waals surface area (Å²) in [6.07, 6.45) is 1.31. The normalized spacial score (nSPS) is 14.4. The van der Waals surface area contributed by atoms with E-state index in [2.05, 4.69) is 0 Å². The summed E-state index contributed by atoms with van der Waals surface area (Å²) in [4.78, 5) is 11.4. The van der Waals surface area contributed by atoms with Crippen LogP contribution >= 0.6 is 11.6 Å². The number of carboxylic acid groups (broad SMARTS) is 1. The van der Waals surface area contributed by atoms with Crippen molar-refractivity contribution >= 4 is 23.3 Å². The second-order valence-corrected chi connectivity index (χ2v) is 4.50. The zero-order valence-electron chi connectivity index (χ0n) is 9.46. The van der Waals surface area contributed by atoms with Gasteiger partial charge in [-0.1, -0.05) is 37.1 Å². The van der Waals surface area contributed by atoms with E-state index in [4.69, 9.17) is 17.3 Å². The lowest BCUT2D eigenvalue weighted by Crippen LogP contribution is -2.33. The summed E-state index contributed by atoms with van der Waals surface area (Å²) in [7, 11) is 0. The molecule has 0 amide bonds. The minimum atomic E-state index is -0.969. The SMILES string of the molecule is CCCC(C)(C(=O)O)c1cccc(Cl)c1N. The van der Waals surface area contributed by atoms with Crippen LogP contribution in [0.3, 0.4) is 0 Å². The number of nitrogens with two attached hydrogens (primary N) is 1. The van der Waals surface area contributed by atoms with Crippen LogP contribution in [0.1, 0.15) is 32.3 Å². The maximum Gasteiger partial charge on any atom is 0.313 e. The Hall–Kier alpha value is -1.22. The molecular formula is C12H16ClNO2. The largest absolute Gasteiger partial charge is 0.481 e. The molecule has 0 aliphatic carbocycles. The third-order valence-electron chi connectivity index (χ3n) is 2.87. The lowest BCUT2D eigenvalue weighted by atomic mass is 9.78. The number of carboxylic acids is 1. The van der Waals surface area contributed by atoms with Crippen molar-refractivity contribution < 1.29 is 9.90 Å². The van der Waals surface area contributed by atoms with E-state index in [1.165, 1.54) is 0 Å². The topological polar surface area (TPSA) is 63.3 Å². The van der Waals surface area contributed by atoms with E-state index in [1.54, 1.807) is 25.1 Å². The summed E-state index contributed by atoms with van der Waals surface area (Å²) < 4.78 is 0. The van der Waals surface area contributed by atoms with Crippen LogP contribution < -0.4 is 5.73 Å². The molecule has 1 unspecified atom stereocenters. The Labute approximate surface area is 100 Å². The second-order valence-electron chi connectivity index (χ2n) is 4.09. The van der Waals surface area contributed by atoms with Crippen molar-refractivity contribution in [3.63, 3.8) is 0 Å². The number of nitrogen functional groups attached to an aromatic ring is 1. The third-order valence-corrected chi connectivity index (χ3v) is 3.20. The number of benzene rings is 1. The third kappa shape index (κ3) is 2.14. The number of carbonyl (C=O) groups is 1. The quantitative estimate of drug-likeness (QED) is 0.797. The zero-order valence-corrected chi connectivity index (χ0v) is 10.2. The van der Waals surface area contributed by atoms with E-state index in [0.29, 0.717) is 22.7 Å². The molecule has 0 saturated carbocycles. The molecule has 1 aromatic carbocycles. The first-order valence-electron chi connectivity index (χ1n) is 5.21. The van der Waals surface area contributed by atoms with Gasteiger partial charge in [0.15, 0.2) is 0 Å². The van der Waals surface area contributed by atoms with Crippen molar-refractivity contribution in [3.05, 3.63) is 28.8 Å². The highest BCUT2D eigenvalue weighted by Crippen LogP contribution is 2.36. The van der Waals surface area contributed by atoms with Gasteiger partial charge < -0.3 is 10.8 Å². The monoisotopic (exact) mass is 241 g/mol. The standard InChI is InChI=1S/C12H16ClNO2/c1-3-7-12(2,11(15)16)8-5-4-6-9(13)10(8)14/h4-6H,3,7,14H2,1-2H3,(H,15,16). The van der Waals surface area contributed by atoms with Crippen molar-refractivity contribution in [1.29, 1.82) is 0 Å². The highest BCUT2D eigenvalue weighted by molar-refractivity contribution is 6.33. The first kappa shape index (κ1) is 12.8. The van der Waals surface area contributed by atoms with Gasteiger partial charge in [-0.15, -0.1) is 0 Å². The molecular weight excluding hydrogens is 226 g/mol. The van der Waals surface area contributed by atoms with Crippen molar-refractivity contribution in [3.8, 4) is 0 Å². The number of para-hydroxylation sites is 1. The van der Waals surface area contributed by atoms with Gasteiger partial charge in [0.1, 0.15) is 0 Å². The molecule has 0 spiro atoms. The van der Waals surface area contributed by atoms with Crippen LogP contribution in [-0.2, 0) is 10.2 Å². The summed E-state index contributed by atoms with van der Waals surface area (Å²) >= 11 is 5.91. The summed E-state index contributed by atoms with van der Waals surface area (Å²) in [5.74, 6) is -0.872. The predicted octanol–water partition coefficient (Wildman–Crippen LogP) is 3.06. The molecule has 88 valence electrons. The average molecular weight is 242 g/mol. The molecule has 0 radical (unpaired) electrons. The van der Waals surface area contributed by atoms with Gasteiger partial charge >= 0.3 is 5.97 Å². The van der Waals surface area contributed by atoms with E-state index in [1.807, 2.05) is 6.92 Å². The molecule has 1 aromatic rings. The van der Waals surface area contributed by atoms with Crippen molar-refractivity contribution in [1.82, 2.24) is 0 Å². The van der Waals surface area contributed by atoms with Crippen LogP contribution in [0.25, 0.3) is 0 Å². The molecule has 0 aliphatic rings. The van der Waals surface area contributed by atoms with Gasteiger partial charge in [0.2, 0.25) is 0 Å². The Bertz CT molecular complexity index is 406. The second kappa shape index (κ2) is 4.74. The van der Waals surface area contributed by atoms with Gasteiger partial charge in [0, 0.05) is 0 Å². The molecule has 4 heteroatoms. The van der Waals surface area contributed by atoms with Crippen LogP contribution in [0.2, 0.25) is 5.02 Å². The maximum absolute atomic E-state index is 11.4. The van der Waals surface area contributed by atoms with E-state index < -0.39 is 11.4 Å². The molecule has 3 N–H and O–H groups in total. The molecule has 0 heterocycles. The number of aliphatic carboxylic acids is 1. The number of hydrogen-bond donors (Lipinski definition) is 2. The zero-order chi connectivity index (χ0) is 12.3. The molecule has 3 nitrogen and oxygen atoms in total. The van der Waals surface area contributed by atoms with Gasteiger partial charge in [-0.3, -0.25) is 4.79 Å². The summed E-state index contributed by atoms with van der Waals surface area (Å²) in [6, 6.07) is 5.12. The lowest BCUT2D eigenvalue weighted by molar-refractivity contribution is -0.143. The highest BCUT2D eigenvalue weighted by atomic mass is 35.5. The molecule has 0 fully saturated rings. The van der Waals surface area contributed by atoms with Gasteiger partial charge in [0.25, 0.3) is 0 Å². The number of rotatable bonds is 4. The smallest absolute Gasteiger partial charge is 0.313 e. The van der Waals surface area contributed by atoms with Crippen LogP contribution in [0.5, 0.6) is 0 Å². The van der Waals surface area contributed by atoms with Gasteiger partial charge in [-0.25, -0.2) is 0 Å². The first-order chi connectivity index (χ1) is 7.43. The van der Waals surface area contributed by atoms with Crippen LogP contribution in [0.15, 0.2) is 18.2 Å². The molecule has 1 atom stereocenters. The summed E-state index contributed by atoms with van der Waals surface area (Å²) in [5, 5.41) is 9.74. The molecule has 0 bridgehead atoms. The number of anilines is 1. The fourth-order valence-electron chi connectivity index (χ4n) is 1.87. The fraction of sp³-hybridized carbons (Fsp3) is 0.417. The van der Waals surface area contributed by atoms with E-state index >= 15 is 0 Å². The Balaban J connectivity index is 3.32. The van der Waals surface area contributed by atoms with Crippen molar-refractivity contribution in [2.45, 2.75) is 32.1 Å². The highest BCUT2D eigenvalue weighted by Gasteiger charge is 2.36.